The van der Waals surface area contributed by atoms with Crippen LogP contribution in [-0.2, 0) is 17.4 Å². The zero-order chi connectivity index (χ0) is 19.4. The van der Waals surface area contributed by atoms with Gasteiger partial charge in [0.05, 0.1) is 5.56 Å². The fourth-order valence-electron chi connectivity index (χ4n) is 2.48. The van der Waals surface area contributed by atoms with Crippen molar-refractivity contribution in [2.75, 3.05) is 5.32 Å². The largest absolute Gasteiger partial charge is 0.416 e. The van der Waals surface area contributed by atoms with Gasteiger partial charge in [0.25, 0.3) is 0 Å². The van der Waals surface area contributed by atoms with Gasteiger partial charge in [0, 0.05) is 24.1 Å². The number of aromatic nitrogens is 2. The van der Waals surface area contributed by atoms with Crippen molar-refractivity contribution in [3.05, 3.63) is 65.5 Å². The lowest BCUT2D eigenvalue weighted by atomic mass is 10.1. The monoisotopic (exact) mass is 375 g/mol. The molecule has 0 radical (unpaired) electrons. The summed E-state index contributed by atoms with van der Waals surface area (Å²) in [5.41, 5.74) is 1.12. The van der Waals surface area contributed by atoms with Crippen molar-refractivity contribution in [1.29, 1.82) is 0 Å². The van der Waals surface area contributed by atoms with Gasteiger partial charge in [-0.25, -0.2) is 0 Å². The third kappa shape index (κ3) is 4.93. The van der Waals surface area contributed by atoms with E-state index in [0.29, 0.717) is 5.82 Å². The van der Waals surface area contributed by atoms with Crippen LogP contribution in [-0.4, -0.2) is 16.0 Å². The molecule has 3 aromatic rings. The average Bonchev–Trinajstić information content (AvgIpc) is 3.09. The summed E-state index contributed by atoms with van der Waals surface area (Å²) in [6, 6.07) is 12.1. The molecule has 0 saturated heterocycles. The third-order valence-electron chi connectivity index (χ3n) is 3.78. The van der Waals surface area contributed by atoms with E-state index < -0.39 is 17.6 Å². The van der Waals surface area contributed by atoms with Gasteiger partial charge in [0.1, 0.15) is 0 Å². The first-order valence-corrected chi connectivity index (χ1v) is 8.18. The molecule has 8 heteroatoms. The number of carbonyl (C=O) groups excluding carboxylic acids is 1. The van der Waals surface area contributed by atoms with Crippen LogP contribution in [0.25, 0.3) is 11.4 Å². The van der Waals surface area contributed by atoms with Crippen molar-refractivity contribution in [2.45, 2.75) is 25.9 Å². The summed E-state index contributed by atoms with van der Waals surface area (Å²) in [7, 11) is 0. The fraction of sp³-hybridized carbons (Fsp3) is 0.211. The second-order valence-corrected chi connectivity index (χ2v) is 6.01. The Kier molecular flexibility index (Phi) is 5.25. The molecule has 0 aliphatic rings. The smallest absolute Gasteiger partial charge is 0.339 e. The molecule has 0 aliphatic heterocycles. The fourth-order valence-corrected chi connectivity index (χ4v) is 2.48. The molecule has 0 atom stereocenters. The summed E-state index contributed by atoms with van der Waals surface area (Å²) in [6.45, 7) is 1.95. The number of rotatable bonds is 5. The van der Waals surface area contributed by atoms with E-state index in [-0.39, 0.29) is 24.4 Å². The van der Waals surface area contributed by atoms with E-state index in [4.69, 9.17) is 4.52 Å². The molecule has 0 aliphatic carbocycles. The molecular formula is C19H16F3N3O2. The second-order valence-electron chi connectivity index (χ2n) is 6.01. The van der Waals surface area contributed by atoms with Crippen molar-refractivity contribution in [3.8, 4) is 11.4 Å². The van der Waals surface area contributed by atoms with Gasteiger partial charge in [-0.1, -0.05) is 35.0 Å². The van der Waals surface area contributed by atoms with Gasteiger partial charge in [-0.3, -0.25) is 4.79 Å². The van der Waals surface area contributed by atoms with Gasteiger partial charge in [-0.2, -0.15) is 18.2 Å². The third-order valence-corrected chi connectivity index (χ3v) is 3.78. The minimum Gasteiger partial charge on any atom is -0.339 e. The minimum absolute atomic E-state index is 0.00565. The molecule has 1 heterocycles. The van der Waals surface area contributed by atoms with E-state index in [9.17, 15) is 18.0 Å². The van der Waals surface area contributed by atoms with E-state index in [2.05, 4.69) is 15.5 Å². The number of amides is 1. The van der Waals surface area contributed by atoms with Crippen molar-refractivity contribution in [1.82, 2.24) is 10.1 Å². The van der Waals surface area contributed by atoms with Crippen LogP contribution >= 0.6 is 0 Å². The number of carbonyl (C=O) groups is 1. The number of hydrogen-bond donors (Lipinski definition) is 1. The summed E-state index contributed by atoms with van der Waals surface area (Å²) in [5.74, 6) is 0.266. The Morgan fingerprint density at radius 1 is 1.15 bits per heavy atom. The van der Waals surface area contributed by atoms with Crippen molar-refractivity contribution < 1.29 is 22.5 Å². The van der Waals surface area contributed by atoms with Gasteiger partial charge in [0.2, 0.25) is 17.6 Å². The molecule has 0 fully saturated rings. The molecule has 0 saturated carbocycles. The minimum atomic E-state index is -4.46. The van der Waals surface area contributed by atoms with E-state index in [1.165, 1.54) is 12.1 Å². The molecule has 27 heavy (non-hydrogen) atoms. The highest BCUT2D eigenvalue weighted by Crippen LogP contribution is 2.30. The average molecular weight is 375 g/mol. The SMILES string of the molecule is Cc1cccc(-c2noc(CCC(=O)Nc3cccc(C(F)(F)F)c3)n2)c1. The summed E-state index contributed by atoms with van der Waals surface area (Å²) in [4.78, 5) is 16.2. The van der Waals surface area contributed by atoms with Crippen LogP contribution in [0.2, 0.25) is 0 Å². The Morgan fingerprint density at radius 3 is 2.67 bits per heavy atom. The van der Waals surface area contributed by atoms with E-state index in [1.54, 1.807) is 0 Å². The van der Waals surface area contributed by atoms with Crippen molar-refractivity contribution >= 4 is 11.6 Å². The zero-order valence-electron chi connectivity index (χ0n) is 14.4. The van der Waals surface area contributed by atoms with Crippen LogP contribution in [0, 0.1) is 6.92 Å². The molecule has 3 rings (SSSR count). The number of halogens is 3. The van der Waals surface area contributed by atoms with Crippen molar-refractivity contribution in [2.24, 2.45) is 0 Å². The lowest BCUT2D eigenvalue weighted by Gasteiger charge is -2.09. The molecule has 1 N–H and O–H groups in total. The molecule has 1 amide bonds. The Labute approximate surface area is 153 Å². The van der Waals surface area contributed by atoms with Crippen LogP contribution in [0.5, 0.6) is 0 Å². The molecule has 5 nitrogen and oxygen atoms in total. The topological polar surface area (TPSA) is 68.0 Å². The summed E-state index contributed by atoms with van der Waals surface area (Å²) < 4.78 is 43.2. The summed E-state index contributed by atoms with van der Waals surface area (Å²) in [5, 5.41) is 6.33. The lowest BCUT2D eigenvalue weighted by Crippen LogP contribution is -2.13. The normalized spacial score (nSPS) is 11.4. The number of benzene rings is 2. The number of anilines is 1. The maximum atomic E-state index is 12.7. The molecule has 0 spiro atoms. The first-order valence-electron chi connectivity index (χ1n) is 8.18. The first kappa shape index (κ1) is 18.6. The standard InChI is InChI=1S/C19H16F3N3O2/c1-12-4-2-5-13(10-12)18-24-17(27-25-18)9-8-16(26)23-15-7-3-6-14(11-15)19(20,21)22/h2-7,10-11H,8-9H2,1H3,(H,23,26). The highest BCUT2D eigenvalue weighted by molar-refractivity contribution is 5.90. The Balaban J connectivity index is 1.59. The number of alkyl halides is 3. The van der Waals surface area contributed by atoms with Gasteiger partial charge < -0.3 is 9.84 Å². The predicted molar refractivity (Wildman–Crippen MR) is 92.9 cm³/mol. The van der Waals surface area contributed by atoms with Gasteiger partial charge in [0.15, 0.2) is 0 Å². The molecule has 0 unspecified atom stereocenters. The Hall–Kier alpha value is -3.16. The first-order chi connectivity index (χ1) is 12.8. The number of nitrogens with one attached hydrogen (secondary N) is 1. The van der Waals surface area contributed by atoms with Crippen LogP contribution in [0.1, 0.15) is 23.4 Å². The maximum Gasteiger partial charge on any atom is 0.416 e. The molecule has 140 valence electrons. The van der Waals surface area contributed by atoms with Crippen LogP contribution in [0.3, 0.4) is 0 Å². The van der Waals surface area contributed by atoms with Gasteiger partial charge >= 0.3 is 6.18 Å². The van der Waals surface area contributed by atoms with Crippen LogP contribution in [0.4, 0.5) is 18.9 Å². The van der Waals surface area contributed by atoms with E-state index in [0.717, 1.165) is 23.3 Å². The van der Waals surface area contributed by atoms with Crippen molar-refractivity contribution in [3.63, 3.8) is 0 Å². The molecular weight excluding hydrogens is 359 g/mol. The highest BCUT2D eigenvalue weighted by Gasteiger charge is 2.30. The Morgan fingerprint density at radius 2 is 1.93 bits per heavy atom. The quantitative estimate of drug-likeness (QED) is 0.706. The molecule has 2 aromatic carbocycles. The summed E-state index contributed by atoms with van der Waals surface area (Å²) >= 11 is 0. The Bertz CT molecular complexity index is 951. The number of nitrogens with zero attached hydrogens (tertiary/aromatic N) is 2. The highest BCUT2D eigenvalue weighted by atomic mass is 19.4. The van der Waals surface area contributed by atoms with Crippen LogP contribution in [0.15, 0.2) is 53.1 Å². The second kappa shape index (κ2) is 7.61. The van der Waals surface area contributed by atoms with E-state index in [1.807, 2.05) is 31.2 Å². The van der Waals surface area contributed by atoms with Crippen LogP contribution < -0.4 is 5.32 Å². The molecule has 0 bridgehead atoms. The van der Waals surface area contributed by atoms with Gasteiger partial charge in [-0.05, 0) is 31.2 Å². The number of aryl methyl sites for hydroxylation is 2. The van der Waals surface area contributed by atoms with E-state index >= 15 is 0 Å². The summed E-state index contributed by atoms with van der Waals surface area (Å²) in [6.07, 6.45) is -4.27. The lowest BCUT2D eigenvalue weighted by molar-refractivity contribution is -0.137. The van der Waals surface area contributed by atoms with Gasteiger partial charge in [-0.15, -0.1) is 0 Å². The molecule has 1 aromatic heterocycles. The number of hydrogen-bond acceptors (Lipinski definition) is 4. The maximum absolute atomic E-state index is 12.7. The predicted octanol–water partition coefficient (Wildman–Crippen LogP) is 4.64. The zero-order valence-corrected chi connectivity index (χ0v) is 14.4.